The molecule has 154 valence electrons. The van der Waals surface area contributed by atoms with Crippen LogP contribution in [0.15, 0.2) is 28.3 Å². The van der Waals surface area contributed by atoms with E-state index >= 15 is 0 Å². The summed E-state index contributed by atoms with van der Waals surface area (Å²) in [5, 5.41) is 4.36. The Labute approximate surface area is 176 Å². The van der Waals surface area contributed by atoms with Gasteiger partial charge in [-0.25, -0.2) is 9.97 Å². The van der Waals surface area contributed by atoms with Gasteiger partial charge in [0.2, 0.25) is 5.91 Å². The quantitative estimate of drug-likeness (QED) is 0.334. The Morgan fingerprint density at radius 2 is 2.38 bits per heavy atom. The molecule has 1 N–H and O–H groups in total. The first-order valence-electron chi connectivity index (χ1n) is 9.96. The molecule has 1 atom stereocenters. The lowest BCUT2D eigenvalue weighted by Gasteiger charge is -2.15. The maximum atomic E-state index is 13.3. The molecule has 1 amide bonds. The summed E-state index contributed by atoms with van der Waals surface area (Å²) in [4.78, 5) is 35.4. The van der Waals surface area contributed by atoms with Crippen LogP contribution in [-0.4, -0.2) is 45.5 Å². The van der Waals surface area contributed by atoms with Gasteiger partial charge >= 0.3 is 0 Å². The molecule has 3 aromatic heterocycles. The fourth-order valence-corrected chi connectivity index (χ4v) is 5.25. The van der Waals surface area contributed by atoms with Crippen LogP contribution in [0, 0.1) is 0 Å². The first-order valence-corrected chi connectivity index (χ1v) is 11.8. The number of hydrogen-bond acceptors (Lipinski definition) is 7. The lowest BCUT2D eigenvalue weighted by atomic mass is 10.2. The molecule has 1 unspecified atom stereocenters. The molecule has 9 heteroatoms. The number of ether oxygens (including phenoxy) is 1. The molecule has 4 rings (SSSR count). The normalized spacial score (nSPS) is 16.7. The van der Waals surface area contributed by atoms with Crippen molar-refractivity contribution in [3.8, 4) is 0 Å². The van der Waals surface area contributed by atoms with Crippen LogP contribution in [0.25, 0.3) is 20.4 Å². The first kappa shape index (κ1) is 20.3. The maximum absolute atomic E-state index is 13.3. The standard InChI is InChI=1S/C20H24N4O3S2/c1-2-3-8-21-15(25)12-28-20-23-16-14-7-4-9-22-18(14)29-17(16)19(26)24(20)11-13-6-5-10-27-13/h4,7,9,13H,2-3,5-6,8,10-12H2,1H3,(H,21,25). The van der Waals surface area contributed by atoms with E-state index in [9.17, 15) is 9.59 Å². The van der Waals surface area contributed by atoms with Gasteiger partial charge < -0.3 is 10.1 Å². The van der Waals surface area contributed by atoms with Gasteiger partial charge in [0.25, 0.3) is 5.56 Å². The molecule has 1 aliphatic rings. The van der Waals surface area contributed by atoms with Crippen molar-refractivity contribution in [2.75, 3.05) is 18.9 Å². The summed E-state index contributed by atoms with van der Waals surface area (Å²) in [6, 6.07) is 3.78. The molecule has 0 aromatic carbocycles. The van der Waals surface area contributed by atoms with E-state index in [1.54, 1.807) is 10.8 Å². The van der Waals surface area contributed by atoms with Crippen molar-refractivity contribution >= 4 is 49.4 Å². The van der Waals surface area contributed by atoms with Crippen LogP contribution in [0.2, 0.25) is 0 Å². The van der Waals surface area contributed by atoms with E-state index < -0.39 is 0 Å². The summed E-state index contributed by atoms with van der Waals surface area (Å²) >= 11 is 2.68. The van der Waals surface area contributed by atoms with Crippen molar-refractivity contribution in [2.24, 2.45) is 0 Å². The number of carbonyl (C=O) groups is 1. The molecule has 1 fully saturated rings. The molecule has 0 saturated carbocycles. The second-order valence-corrected chi connectivity index (χ2v) is 9.01. The number of hydrogen-bond donors (Lipinski definition) is 1. The molecule has 0 bridgehead atoms. The zero-order valence-corrected chi connectivity index (χ0v) is 18.0. The van der Waals surface area contributed by atoms with E-state index in [1.807, 2.05) is 12.1 Å². The molecular formula is C20H24N4O3S2. The van der Waals surface area contributed by atoms with Gasteiger partial charge in [-0.05, 0) is 31.4 Å². The molecular weight excluding hydrogens is 408 g/mol. The molecule has 1 aliphatic heterocycles. The van der Waals surface area contributed by atoms with E-state index in [0.29, 0.717) is 28.5 Å². The van der Waals surface area contributed by atoms with E-state index in [2.05, 4.69) is 17.2 Å². The van der Waals surface area contributed by atoms with Gasteiger partial charge in [-0.3, -0.25) is 14.2 Å². The molecule has 1 saturated heterocycles. The number of pyridine rings is 1. The molecule has 4 heterocycles. The van der Waals surface area contributed by atoms with Gasteiger partial charge in [0.15, 0.2) is 5.16 Å². The summed E-state index contributed by atoms with van der Waals surface area (Å²) < 4.78 is 8.03. The fourth-order valence-electron chi connectivity index (χ4n) is 3.39. The van der Waals surface area contributed by atoms with E-state index in [4.69, 9.17) is 9.72 Å². The predicted molar refractivity (Wildman–Crippen MR) is 117 cm³/mol. The minimum absolute atomic E-state index is 0.0113. The average molecular weight is 433 g/mol. The van der Waals surface area contributed by atoms with Gasteiger partial charge in [-0.2, -0.15) is 0 Å². The van der Waals surface area contributed by atoms with Crippen LogP contribution in [-0.2, 0) is 16.1 Å². The van der Waals surface area contributed by atoms with Gasteiger partial charge in [-0.15, -0.1) is 11.3 Å². The maximum Gasteiger partial charge on any atom is 0.272 e. The Balaban J connectivity index is 1.68. The number of amides is 1. The first-order chi connectivity index (χ1) is 14.2. The minimum Gasteiger partial charge on any atom is -0.376 e. The molecule has 0 radical (unpaired) electrons. The lowest BCUT2D eigenvalue weighted by Crippen LogP contribution is -2.30. The third kappa shape index (κ3) is 4.46. The Morgan fingerprint density at radius 3 is 3.17 bits per heavy atom. The topological polar surface area (TPSA) is 86.1 Å². The van der Waals surface area contributed by atoms with E-state index in [0.717, 1.165) is 42.5 Å². The molecule has 0 spiro atoms. The van der Waals surface area contributed by atoms with Crippen LogP contribution in [0.3, 0.4) is 0 Å². The van der Waals surface area contributed by atoms with Crippen molar-refractivity contribution in [1.82, 2.24) is 19.9 Å². The lowest BCUT2D eigenvalue weighted by molar-refractivity contribution is -0.118. The summed E-state index contributed by atoms with van der Waals surface area (Å²) in [6.45, 7) is 3.95. The van der Waals surface area contributed by atoms with Gasteiger partial charge in [0.05, 0.1) is 23.9 Å². The van der Waals surface area contributed by atoms with Gasteiger partial charge in [0.1, 0.15) is 9.53 Å². The number of nitrogens with one attached hydrogen (secondary N) is 1. The third-order valence-corrected chi connectivity index (χ3v) is 6.98. The number of thiophene rings is 1. The van der Waals surface area contributed by atoms with Crippen LogP contribution >= 0.6 is 23.1 Å². The number of nitrogens with zero attached hydrogens (tertiary/aromatic N) is 3. The fraction of sp³-hybridized carbons (Fsp3) is 0.500. The highest BCUT2D eigenvalue weighted by Crippen LogP contribution is 2.30. The van der Waals surface area contributed by atoms with Gasteiger partial charge in [0, 0.05) is 24.7 Å². The van der Waals surface area contributed by atoms with Crippen molar-refractivity contribution in [1.29, 1.82) is 0 Å². The summed E-state index contributed by atoms with van der Waals surface area (Å²) in [7, 11) is 0. The second kappa shape index (κ2) is 9.23. The van der Waals surface area contributed by atoms with Crippen LogP contribution in [0.4, 0.5) is 0 Å². The molecule has 3 aromatic rings. The van der Waals surface area contributed by atoms with Crippen LogP contribution in [0.5, 0.6) is 0 Å². The number of rotatable bonds is 8. The van der Waals surface area contributed by atoms with Crippen molar-refractivity contribution in [3.63, 3.8) is 0 Å². The third-order valence-electron chi connectivity index (χ3n) is 4.91. The molecule has 0 aliphatic carbocycles. The monoisotopic (exact) mass is 432 g/mol. The van der Waals surface area contributed by atoms with Gasteiger partial charge in [-0.1, -0.05) is 25.1 Å². The summed E-state index contributed by atoms with van der Waals surface area (Å²) in [6.07, 6.45) is 5.66. The smallest absolute Gasteiger partial charge is 0.272 e. The number of fused-ring (bicyclic) bond motifs is 3. The zero-order chi connectivity index (χ0) is 20.2. The predicted octanol–water partition coefficient (Wildman–Crippen LogP) is 3.19. The highest BCUT2D eigenvalue weighted by Gasteiger charge is 2.22. The number of carbonyl (C=O) groups excluding carboxylic acids is 1. The Bertz CT molecular complexity index is 1070. The Kier molecular flexibility index (Phi) is 6.46. The van der Waals surface area contributed by atoms with E-state index in [-0.39, 0.29) is 23.3 Å². The average Bonchev–Trinajstić information content (AvgIpc) is 3.37. The van der Waals surface area contributed by atoms with Crippen molar-refractivity contribution in [3.05, 3.63) is 28.7 Å². The van der Waals surface area contributed by atoms with E-state index in [1.165, 1.54) is 23.1 Å². The zero-order valence-electron chi connectivity index (χ0n) is 16.3. The van der Waals surface area contributed by atoms with Crippen LogP contribution in [0.1, 0.15) is 32.6 Å². The number of thioether (sulfide) groups is 1. The largest absolute Gasteiger partial charge is 0.376 e. The molecule has 7 nitrogen and oxygen atoms in total. The van der Waals surface area contributed by atoms with Crippen LogP contribution < -0.4 is 10.9 Å². The second-order valence-electron chi connectivity index (χ2n) is 7.07. The summed E-state index contributed by atoms with van der Waals surface area (Å²) in [5.74, 6) is 0.186. The number of aromatic nitrogens is 3. The SMILES string of the molecule is CCCCNC(=O)CSc1nc2c(sc3ncccc32)c(=O)n1CC1CCCO1. The van der Waals surface area contributed by atoms with Crippen molar-refractivity contribution in [2.45, 2.75) is 50.4 Å². The summed E-state index contributed by atoms with van der Waals surface area (Å²) in [5.41, 5.74) is 0.586. The molecule has 29 heavy (non-hydrogen) atoms. The highest BCUT2D eigenvalue weighted by molar-refractivity contribution is 7.99. The minimum atomic E-state index is -0.0811. The highest BCUT2D eigenvalue weighted by atomic mass is 32.2. The Morgan fingerprint density at radius 1 is 1.48 bits per heavy atom. The number of unbranched alkanes of at least 4 members (excludes halogenated alkanes) is 1. The Hall–Kier alpha value is -1.97. The van der Waals surface area contributed by atoms with Crippen molar-refractivity contribution < 1.29 is 9.53 Å².